The number of benzene rings is 2. The Hall–Kier alpha value is -3.08. The molecule has 0 atom stereocenters. The maximum Gasteiger partial charge on any atom is 0.416 e. The van der Waals surface area contributed by atoms with Crippen LogP contribution in [0.5, 0.6) is 0 Å². The standard InChI is InChI=1S/C20H15F4N3O3S/c21-14-3-1-2-12(8-14)11-4-6-26(7-5-11)19-25-18(28)15-9-13(20(22,23)24)10-16(27(29)30)17(15)31-19/h1-3,8-11H,4-7H2. The van der Waals surface area contributed by atoms with Crippen LogP contribution in [-0.4, -0.2) is 23.0 Å². The van der Waals surface area contributed by atoms with Crippen molar-refractivity contribution in [3.8, 4) is 0 Å². The molecule has 31 heavy (non-hydrogen) atoms. The van der Waals surface area contributed by atoms with Crippen LogP contribution in [0.4, 0.5) is 28.4 Å². The average molecular weight is 453 g/mol. The zero-order chi connectivity index (χ0) is 22.3. The lowest BCUT2D eigenvalue weighted by molar-refractivity contribution is -0.383. The summed E-state index contributed by atoms with van der Waals surface area (Å²) >= 11 is 0.827. The summed E-state index contributed by atoms with van der Waals surface area (Å²) in [5.74, 6) is -0.201. The molecule has 1 aliphatic heterocycles. The molecule has 1 aliphatic rings. The quantitative estimate of drug-likeness (QED) is 0.313. The Morgan fingerprint density at radius 2 is 1.87 bits per heavy atom. The molecule has 11 heteroatoms. The number of aromatic nitrogens is 1. The van der Waals surface area contributed by atoms with Crippen molar-refractivity contribution in [3.05, 3.63) is 73.8 Å². The summed E-state index contributed by atoms with van der Waals surface area (Å²) in [6, 6.07) is 7.38. The SMILES string of the molecule is O=c1nc(N2CCC(c3cccc(F)c3)CC2)sc2c([N+](=O)[O-])cc(C(F)(F)F)cc12. The Bertz CT molecular complexity index is 1220. The number of hydrogen-bond donors (Lipinski definition) is 0. The third kappa shape index (κ3) is 4.22. The van der Waals surface area contributed by atoms with Crippen LogP contribution >= 0.6 is 11.3 Å². The number of alkyl halides is 3. The van der Waals surface area contributed by atoms with Crippen molar-refractivity contribution >= 4 is 32.2 Å². The summed E-state index contributed by atoms with van der Waals surface area (Å²) in [6.07, 6.45) is -3.52. The second kappa shape index (κ2) is 7.88. The second-order valence-corrected chi connectivity index (χ2v) is 8.22. The molecule has 6 nitrogen and oxygen atoms in total. The molecule has 0 radical (unpaired) electrons. The maximum atomic E-state index is 13.5. The van der Waals surface area contributed by atoms with Gasteiger partial charge in [0.25, 0.3) is 11.2 Å². The molecule has 0 spiro atoms. The first kappa shape index (κ1) is 21.2. The largest absolute Gasteiger partial charge is 0.416 e. The monoisotopic (exact) mass is 453 g/mol. The molecule has 0 bridgehead atoms. The number of nitro benzene ring substituents is 1. The van der Waals surface area contributed by atoms with Crippen molar-refractivity contribution in [2.24, 2.45) is 0 Å². The molecule has 0 amide bonds. The van der Waals surface area contributed by atoms with Crippen molar-refractivity contribution in [1.29, 1.82) is 0 Å². The normalized spacial score (nSPS) is 15.4. The van der Waals surface area contributed by atoms with Crippen LogP contribution in [-0.2, 0) is 6.18 Å². The van der Waals surface area contributed by atoms with Gasteiger partial charge in [-0.3, -0.25) is 14.9 Å². The highest BCUT2D eigenvalue weighted by atomic mass is 32.1. The van der Waals surface area contributed by atoms with Crippen LogP contribution < -0.4 is 10.5 Å². The highest BCUT2D eigenvalue weighted by molar-refractivity contribution is 7.22. The van der Waals surface area contributed by atoms with Crippen LogP contribution in [0.2, 0.25) is 0 Å². The average Bonchev–Trinajstić information content (AvgIpc) is 2.72. The Morgan fingerprint density at radius 3 is 2.48 bits per heavy atom. The molecule has 162 valence electrons. The third-order valence-corrected chi connectivity index (χ3v) is 6.47. The van der Waals surface area contributed by atoms with Crippen LogP contribution in [0, 0.1) is 15.9 Å². The minimum absolute atomic E-state index is 0.118. The van der Waals surface area contributed by atoms with Crippen LogP contribution in [0.1, 0.15) is 29.9 Å². The van der Waals surface area contributed by atoms with Gasteiger partial charge >= 0.3 is 6.18 Å². The van der Waals surface area contributed by atoms with Gasteiger partial charge in [0.1, 0.15) is 10.5 Å². The van der Waals surface area contributed by atoms with Gasteiger partial charge in [0, 0.05) is 19.2 Å². The number of hydrogen-bond acceptors (Lipinski definition) is 6. The van der Waals surface area contributed by atoms with Crippen molar-refractivity contribution in [2.75, 3.05) is 18.0 Å². The smallest absolute Gasteiger partial charge is 0.348 e. The summed E-state index contributed by atoms with van der Waals surface area (Å²) in [4.78, 5) is 28.6. The predicted molar refractivity (Wildman–Crippen MR) is 108 cm³/mol. The molecule has 1 fully saturated rings. The number of non-ortho nitro benzene ring substituents is 1. The number of anilines is 1. The van der Waals surface area contributed by atoms with Gasteiger partial charge in [-0.2, -0.15) is 18.2 Å². The molecule has 3 aromatic rings. The number of rotatable bonds is 3. The summed E-state index contributed by atoms with van der Waals surface area (Å²) < 4.78 is 52.6. The van der Waals surface area contributed by atoms with E-state index in [0.29, 0.717) is 38.1 Å². The van der Waals surface area contributed by atoms with Crippen molar-refractivity contribution in [1.82, 2.24) is 4.98 Å². The van der Waals surface area contributed by atoms with Gasteiger partial charge in [-0.15, -0.1) is 0 Å². The Balaban J connectivity index is 1.67. The lowest BCUT2D eigenvalue weighted by Crippen LogP contribution is -2.34. The maximum absolute atomic E-state index is 13.5. The molecule has 0 unspecified atom stereocenters. The van der Waals surface area contributed by atoms with Crippen LogP contribution in [0.3, 0.4) is 0 Å². The first-order valence-corrected chi connectivity index (χ1v) is 10.2. The Labute approximate surface area is 176 Å². The first-order valence-electron chi connectivity index (χ1n) is 9.34. The predicted octanol–water partition coefficient (Wildman–Crippen LogP) is 5.11. The van der Waals surface area contributed by atoms with E-state index in [1.165, 1.54) is 12.1 Å². The number of fused-ring (bicyclic) bond motifs is 1. The topological polar surface area (TPSA) is 76.3 Å². The van der Waals surface area contributed by atoms with Crippen LogP contribution in [0.15, 0.2) is 41.2 Å². The lowest BCUT2D eigenvalue weighted by Gasteiger charge is -2.32. The summed E-state index contributed by atoms with van der Waals surface area (Å²) in [5.41, 5.74) is -2.11. The van der Waals surface area contributed by atoms with Crippen LogP contribution in [0.25, 0.3) is 10.1 Å². The van der Waals surface area contributed by atoms with Gasteiger partial charge in [0.15, 0.2) is 5.13 Å². The molecule has 1 aromatic heterocycles. The molecule has 2 aromatic carbocycles. The second-order valence-electron chi connectivity index (χ2n) is 7.24. The zero-order valence-electron chi connectivity index (χ0n) is 15.9. The van der Waals surface area contributed by atoms with Gasteiger partial charge in [0.2, 0.25) is 0 Å². The molecule has 2 heterocycles. The van der Waals surface area contributed by atoms with Gasteiger partial charge in [-0.05, 0) is 42.5 Å². The highest BCUT2D eigenvalue weighted by Gasteiger charge is 2.34. The number of piperidine rings is 1. The van der Waals surface area contributed by atoms with E-state index < -0.39 is 33.3 Å². The number of halogens is 4. The van der Waals surface area contributed by atoms with E-state index in [2.05, 4.69) is 4.98 Å². The summed E-state index contributed by atoms with van der Waals surface area (Å²) in [5, 5.41) is 11.2. The third-order valence-electron chi connectivity index (χ3n) is 5.30. The lowest BCUT2D eigenvalue weighted by atomic mass is 9.89. The van der Waals surface area contributed by atoms with E-state index in [4.69, 9.17) is 0 Å². The molecule has 0 aliphatic carbocycles. The van der Waals surface area contributed by atoms with Crippen molar-refractivity contribution in [3.63, 3.8) is 0 Å². The molecular weight excluding hydrogens is 438 g/mol. The minimum atomic E-state index is -4.83. The van der Waals surface area contributed by atoms with E-state index in [9.17, 15) is 32.5 Å². The van der Waals surface area contributed by atoms with E-state index in [1.54, 1.807) is 11.0 Å². The minimum Gasteiger partial charge on any atom is -0.348 e. The van der Waals surface area contributed by atoms with Gasteiger partial charge in [-0.1, -0.05) is 23.5 Å². The van der Waals surface area contributed by atoms with Gasteiger partial charge < -0.3 is 4.90 Å². The van der Waals surface area contributed by atoms with Gasteiger partial charge in [0.05, 0.1) is 15.9 Å². The molecule has 1 saturated heterocycles. The van der Waals surface area contributed by atoms with E-state index in [0.717, 1.165) is 16.9 Å². The Kier molecular flexibility index (Phi) is 5.38. The summed E-state index contributed by atoms with van der Waals surface area (Å²) in [6.45, 7) is 0.952. The highest BCUT2D eigenvalue weighted by Crippen LogP contribution is 2.39. The van der Waals surface area contributed by atoms with Crippen molar-refractivity contribution < 1.29 is 22.5 Å². The van der Waals surface area contributed by atoms with E-state index in [1.807, 2.05) is 6.07 Å². The van der Waals surface area contributed by atoms with E-state index in [-0.39, 0.29) is 21.6 Å². The van der Waals surface area contributed by atoms with Crippen molar-refractivity contribution in [2.45, 2.75) is 24.9 Å². The summed E-state index contributed by atoms with van der Waals surface area (Å²) in [7, 11) is 0. The molecule has 0 saturated carbocycles. The zero-order valence-corrected chi connectivity index (χ0v) is 16.7. The molecular formula is C20H15F4N3O3S. The van der Waals surface area contributed by atoms with E-state index >= 15 is 0 Å². The fourth-order valence-electron chi connectivity index (χ4n) is 3.74. The van der Waals surface area contributed by atoms with Gasteiger partial charge in [-0.25, -0.2) is 4.39 Å². The first-order chi connectivity index (χ1) is 14.6. The fraction of sp³-hybridized carbons (Fsp3) is 0.300. The fourth-order valence-corrected chi connectivity index (χ4v) is 4.86. The number of nitrogens with zero attached hydrogens (tertiary/aromatic N) is 3. The Morgan fingerprint density at radius 1 is 1.16 bits per heavy atom. The molecule has 4 rings (SSSR count). The number of nitro groups is 1. The molecule has 0 N–H and O–H groups in total.